The topological polar surface area (TPSA) is 58.2 Å². The standard InChI is InChI=1S/C10H19F3N2O2S/c1-8-5-9(7-14-6-8)15-18(16,17)4-2-3-10(11,12)13/h8-9,14-15H,2-7H2,1H3. The summed E-state index contributed by atoms with van der Waals surface area (Å²) in [6.07, 6.45) is -5.04. The lowest BCUT2D eigenvalue weighted by Gasteiger charge is -2.28. The van der Waals surface area contributed by atoms with Crippen LogP contribution in [0.3, 0.4) is 0 Å². The molecule has 1 rings (SSSR count). The smallest absolute Gasteiger partial charge is 0.315 e. The van der Waals surface area contributed by atoms with E-state index in [1.165, 1.54) is 0 Å². The van der Waals surface area contributed by atoms with Gasteiger partial charge < -0.3 is 5.32 Å². The van der Waals surface area contributed by atoms with E-state index in [0.29, 0.717) is 18.9 Å². The molecule has 1 aliphatic rings. The third-order valence-electron chi connectivity index (χ3n) is 2.79. The summed E-state index contributed by atoms with van der Waals surface area (Å²) in [5, 5.41) is 3.08. The number of piperidine rings is 1. The number of halogens is 3. The maximum absolute atomic E-state index is 11.9. The van der Waals surface area contributed by atoms with Gasteiger partial charge in [-0.2, -0.15) is 13.2 Å². The molecule has 0 aromatic rings. The molecule has 0 aliphatic carbocycles. The van der Waals surface area contributed by atoms with Gasteiger partial charge in [-0.1, -0.05) is 6.92 Å². The van der Waals surface area contributed by atoms with Crippen LogP contribution in [-0.4, -0.2) is 39.5 Å². The summed E-state index contributed by atoms with van der Waals surface area (Å²) in [7, 11) is -3.62. The lowest BCUT2D eigenvalue weighted by atomic mass is 9.99. The van der Waals surface area contributed by atoms with Gasteiger partial charge in [0.25, 0.3) is 0 Å². The van der Waals surface area contributed by atoms with Crippen LogP contribution in [0.1, 0.15) is 26.2 Å². The Balaban J connectivity index is 2.35. The van der Waals surface area contributed by atoms with Crippen molar-refractivity contribution in [3.63, 3.8) is 0 Å². The molecule has 0 aromatic carbocycles. The fourth-order valence-electron chi connectivity index (χ4n) is 2.02. The molecule has 1 fully saturated rings. The minimum Gasteiger partial charge on any atom is -0.315 e. The molecule has 108 valence electrons. The fourth-order valence-corrected chi connectivity index (χ4v) is 3.35. The summed E-state index contributed by atoms with van der Waals surface area (Å²) >= 11 is 0. The summed E-state index contributed by atoms with van der Waals surface area (Å²) in [4.78, 5) is 0. The van der Waals surface area contributed by atoms with Crippen LogP contribution in [-0.2, 0) is 10.0 Å². The van der Waals surface area contributed by atoms with E-state index in [1.807, 2.05) is 6.92 Å². The van der Waals surface area contributed by atoms with Crippen molar-refractivity contribution in [2.45, 2.75) is 38.4 Å². The van der Waals surface area contributed by atoms with Crippen LogP contribution in [0.5, 0.6) is 0 Å². The van der Waals surface area contributed by atoms with Crippen molar-refractivity contribution in [1.29, 1.82) is 0 Å². The molecular formula is C10H19F3N2O2S. The van der Waals surface area contributed by atoms with Crippen molar-refractivity contribution in [2.75, 3.05) is 18.8 Å². The van der Waals surface area contributed by atoms with Crippen LogP contribution < -0.4 is 10.0 Å². The molecular weight excluding hydrogens is 269 g/mol. The third kappa shape index (κ3) is 6.55. The molecule has 0 saturated carbocycles. The zero-order chi connectivity index (χ0) is 13.8. The molecule has 2 N–H and O–H groups in total. The molecule has 0 aromatic heterocycles. The molecule has 2 unspecified atom stereocenters. The average molecular weight is 288 g/mol. The molecule has 0 bridgehead atoms. The second kappa shape index (κ2) is 6.21. The lowest BCUT2D eigenvalue weighted by Crippen LogP contribution is -2.48. The molecule has 0 radical (unpaired) electrons. The number of hydrogen-bond donors (Lipinski definition) is 2. The zero-order valence-electron chi connectivity index (χ0n) is 10.3. The van der Waals surface area contributed by atoms with Gasteiger partial charge in [0, 0.05) is 19.0 Å². The predicted octanol–water partition coefficient (Wildman–Crippen LogP) is 1.25. The Morgan fingerprint density at radius 2 is 2.00 bits per heavy atom. The number of alkyl halides is 3. The van der Waals surface area contributed by atoms with E-state index < -0.39 is 34.8 Å². The zero-order valence-corrected chi connectivity index (χ0v) is 11.1. The summed E-state index contributed by atoms with van der Waals surface area (Å²) in [6.45, 7) is 3.37. The van der Waals surface area contributed by atoms with Crippen LogP contribution in [0.2, 0.25) is 0 Å². The van der Waals surface area contributed by atoms with Crippen LogP contribution in [0, 0.1) is 5.92 Å². The van der Waals surface area contributed by atoms with Gasteiger partial charge in [0.1, 0.15) is 0 Å². The number of hydrogen-bond acceptors (Lipinski definition) is 3. The van der Waals surface area contributed by atoms with Gasteiger partial charge in [0.15, 0.2) is 0 Å². The van der Waals surface area contributed by atoms with E-state index in [-0.39, 0.29) is 6.04 Å². The maximum Gasteiger partial charge on any atom is 0.389 e. The van der Waals surface area contributed by atoms with Crippen molar-refractivity contribution in [1.82, 2.24) is 10.0 Å². The molecule has 0 spiro atoms. The highest BCUT2D eigenvalue weighted by molar-refractivity contribution is 7.89. The van der Waals surface area contributed by atoms with Gasteiger partial charge in [-0.3, -0.25) is 0 Å². The number of rotatable bonds is 5. The van der Waals surface area contributed by atoms with Gasteiger partial charge >= 0.3 is 6.18 Å². The Hall–Kier alpha value is -0.340. The van der Waals surface area contributed by atoms with E-state index in [2.05, 4.69) is 10.0 Å². The van der Waals surface area contributed by atoms with E-state index >= 15 is 0 Å². The van der Waals surface area contributed by atoms with Gasteiger partial charge in [-0.25, -0.2) is 13.1 Å². The summed E-state index contributed by atoms with van der Waals surface area (Å²) in [5.41, 5.74) is 0. The first-order chi connectivity index (χ1) is 8.18. The van der Waals surface area contributed by atoms with Crippen LogP contribution in [0.25, 0.3) is 0 Å². The Bertz CT molecular complexity index is 357. The molecule has 4 nitrogen and oxygen atoms in total. The summed E-state index contributed by atoms with van der Waals surface area (Å²) in [5.74, 6) is -0.112. The van der Waals surface area contributed by atoms with E-state index in [4.69, 9.17) is 0 Å². The first-order valence-corrected chi connectivity index (χ1v) is 7.61. The van der Waals surface area contributed by atoms with Crippen LogP contribution in [0.4, 0.5) is 13.2 Å². The first-order valence-electron chi connectivity index (χ1n) is 5.95. The molecule has 1 saturated heterocycles. The highest BCUT2D eigenvalue weighted by Gasteiger charge is 2.28. The second-order valence-corrected chi connectivity index (χ2v) is 6.72. The highest BCUT2D eigenvalue weighted by atomic mass is 32.2. The van der Waals surface area contributed by atoms with Gasteiger partial charge in [-0.15, -0.1) is 0 Å². The quantitative estimate of drug-likeness (QED) is 0.800. The third-order valence-corrected chi connectivity index (χ3v) is 4.31. The van der Waals surface area contributed by atoms with Crippen LogP contribution >= 0.6 is 0 Å². The number of sulfonamides is 1. The van der Waals surface area contributed by atoms with Crippen molar-refractivity contribution >= 4 is 10.0 Å². The first kappa shape index (κ1) is 15.7. The average Bonchev–Trinajstić information content (AvgIpc) is 2.13. The summed E-state index contributed by atoms with van der Waals surface area (Å²) < 4.78 is 61.4. The Kier molecular flexibility index (Phi) is 5.42. The van der Waals surface area contributed by atoms with Gasteiger partial charge in [0.05, 0.1) is 5.75 Å². The van der Waals surface area contributed by atoms with E-state index in [9.17, 15) is 21.6 Å². The Morgan fingerprint density at radius 1 is 1.33 bits per heavy atom. The highest BCUT2D eigenvalue weighted by Crippen LogP contribution is 2.21. The monoisotopic (exact) mass is 288 g/mol. The summed E-state index contributed by atoms with van der Waals surface area (Å²) in [6, 6.07) is -0.218. The van der Waals surface area contributed by atoms with Crippen LogP contribution in [0.15, 0.2) is 0 Å². The fraction of sp³-hybridized carbons (Fsp3) is 1.00. The SMILES string of the molecule is CC1CNCC(NS(=O)(=O)CCCC(F)(F)F)C1. The Labute approximate surface area is 105 Å². The number of nitrogens with one attached hydrogen (secondary N) is 2. The maximum atomic E-state index is 11.9. The predicted molar refractivity (Wildman–Crippen MR) is 62.7 cm³/mol. The van der Waals surface area contributed by atoms with Crippen molar-refractivity contribution in [2.24, 2.45) is 5.92 Å². The van der Waals surface area contributed by atoms with Crippen molar-refractivity contribution in [3.05, 3.63) is 0 Å². The molecule has 1 aliphatic heterocycles. The van der Waals surface area contributed by atoms with Crippen molar-refractivity contribution < 1.29 is 21.6 Å². The largest absolute Gasteiger partial charge is 0.389 e. The van der Waals surface area contributed by atoms with Gasteiger partial charge in [0.2, 0.25) is 10.0 Å². The minimum atomic E-state index is -4.30. The van der Waals surface area contributed by atoms with E-state index in [1.54, 1.807) is 0 Å². The molecule has 1 heterocycles. The molecule has 2 atom stereocenters. The molecule has 18 heavy (non-hydrogen) atoms. The Morgan fingerprint density at radius 3 is 2.56 bits per heavy atom. The molecule has 8 heteroatoms. The molecule has 0 amide bonds. The van der Waals surface area contributed by atoms with E-state index in [0.717, 1.165) is 6.54 Å². The minimum absolute atomic E-state index is 0.218. The van der Waals surface area contributed by atoms with Crippen molar-refractivity contribution in [3.8, 4) is 0 Å². The second-order valence-electron chi connectivity index (χ2n) is 4.85. The lowest BCUT2D eigenvalue weighted by molar-refractivity contribution is -0.134. The van der Waals surface area contributed by atoms with Gasteiger partial charge in [-0.05, 0) is 25.3 Å². The normalized spacial score (nSPS) is 26.2.